The third-order valence-corrected chi connectivity index (χ3v) is 4.25. The van der Waals surface area contributed by atoms with E-state index in [1.807, 2.05) is 0 Å². The fourth-order valence-electron chi connectivity index (χ4n) is 3.28. The van der Waals surface area contributed by atoms with Crippen LogP contribution in [-0.2, 0) is 6.54 Å². The number of H-pyrrole nitrogens is 1. The lowest BCUT2D eigenvalue weighted by Crippen LogP contribution is -2.37. The van der Waals surface area contributed by atoms with Crippen LogP contribution in [0.1, 0.15) is 31.7 Å². The molecule has 2 heterocycles. The summed E-state index contributed by atoms with van der Waals surface area (Å²) in [5.74, 6) is 0. The lowest BCUT2D eigenvalue weighted by atomic mass is 10.1. The Hall–Kier alpha value is -1.32. The molecule has 1 aromatic heterocycles. The van der Waals surface area contributed by atoms with Gasteiger partial charge >= 0.3 is 0 Å². The fourth-order valence-corrected chi connectivity index (χ4v) is 3.28. The number of hydrogen-bond donors (Lipinski definition) is 2. The number of aromatic nitrogens is 1. The van der Waals surface area contributed by atoms with Crippen molar-refractivity contribution in [1.82, 2.24) is 15.2 Å². The van der Waals surface area contributed by atoms with Gasteiger partial charge in [-0.1, -0.05) is 25.1 Å². The molecule has 0 amide bonds. The molecule has 0 bridgehead atoms. The maximum atomic E-state index is 3.61. The van der Waals surface area contributed by atoms with E-state index in [-0.39, 0.29) is 0 Å². The molecule has 0 aliphatic carbocycles. The SMILES string of the molecule is CCCN(Cc1c[nH]c2ccccc12)CC1CCCN1. The minimum atomic E-state index is 0.687. The predicted octanol–water partition coefficient (Wildman–Crippen LogP) is 3.13. The number of aromatic amines is 1. The number of rotatable bonds is 6. The molecule has 1 unspecified atom stereocenters. The van der Waals surface area contributed by atoms with Gasteiger partial charge in [0.15, 0.2) is 0 Å². The molecule has 3 heteroatoms. The van der Waals surface area contributed by atoms with Crippen LogP contribution in [0, 0.1) is 0 Å². The summed E-state index contributed by atoms with van der Waals surface area (Å²) in [6.45, 7) is 6.86. The number of benzene rings is 1. The average molecular weight is 271 g/mol. The average Bonchev–Trinajstić information content (AvgIpc) is 3.10. The highest BCUT2D eigenvalue weighted by atomic mass is 15.2. The van der Waals surface area contributed by atoms with Crippen LogP contribution in [0.25, 0.3) is 10.9 Å². The quantitative estimate of drug-likeness (QED) is 0.845. The monoisotopic (exact) mass is 271 g/mol. The van der Waals surface area contributed by atoms with Gasteiger partial charge in [-0.2, -0.15) is 0 Å². The Bertz CT molecular complexity index is 540. The molecule has 2 aromatic rings. The van der Waals surface area contributed by atoms with Crippen molar-refractivity contribution in [3.05, 3.63) is 36.0 Å². The lowest BCUT2D eigenvalue weighted by Gasteiger charge is -2.25. The molecule has 0 spiro atoms. The molecule has 1 saturated heterocycles. The lowest BCUT2D eigenvalue weighted by molar-refractivity contribution is 0.242. The summed E-state index contributed by atoms with van der Waals surface area (Å²) in [6, 6.07) is 9.28. The first-order valence-corrected chi connectivity index (χ1v) is 7.87. The molecule has 1 atom stereocenters. The van der Waals surface area contributed by atoms with Crippen LogP contribution in [0.4, 0.5) is 0 Å². The van der Waals surface area contributed by atoms with E-state index in [4.69, 9.17) is 0 Å². The van der Waals surface area contributed by atoms with Gasteiger partial charge in [0.1, 0.15) is 0 Å². The molecule has 2 N–H and O–H groups in total. The summed E-state index contributed by atoms with van der Waals surface area (Å²) in [7, 11) is 0. The maximum Gasteiger partial charge on any atom is 0.0457 e. The van der Waals surface area contributed by atoms with E-state index < -0.39 is 0 Å². The van der Waals surface area contributed by atoms with Crippen molar-refractivity contribution >= 4 is 10.9 Å². The molecule has 1 aliphatic heterocycles. The third kappa shape index (κ3) is 3.05. The van der Waals surface area contributed by atoms with Gasteiger partial charge in [0, 0.05) is 36.2 Å². The molecule has 1 aromatic carbocycles. The minimum Gasteiger partial charge on any atom is -0.361 e. The Morgan fingerprint density at radius 3 is 3.00 bits per heavy atom. The van der Waals surface area contributed by atoms with Crippen LogP contribution in [-0.4, -0.2) is 35.6 Å². The zero-order valence-electron chi connectivity index (χ0n) is 12.4. The minimum absolute atomic E-state index is 0.687. The van der Waals surface area contributed by atoms with Crippen LogP contribution in [0.15, 0.2) is 30.5 Å². The summed E-state index contributed by atoms with van der Waals surface area (Å²) in [5, 5.41) is 4.98. The summed E-state index contributed by atoms with van der Waals surface area (Å²) in [4.78, 5) is 5.98. The van der Waals surface area contributed by atoms with Gasteiger partial charge in [-0.3, -0.25) is 4.90 Å². The Kier molecular flexibility index (Phi) is 4.38. The first-order valence-electron chi connectivity index (χ1n) is 7.87. The Balaban J connectivity index is 1.71. The van der Waals surface area contributed by atoms with Gasteiger partial charge in [0.05, 0.1) is 0 Å². The highest BCUT2D eigenvalue weighted by Gasteiger charge is 2.18. The van der Waals surface area contributed by atoms with Crippen molar-refractivity contribution in [2.24, 2.45) is 0 Å². The van der Waals surface area contributed by atoms with E-state index in [1.54, 1.807) is 0 Å². The van der Waals surface area contributed by atoms with Crippen molar-refractivity contribution < 1.29 is 0 Å². The van der Waals surface area contributed by atoms with E-state index >= 15 is 0 Å². The van der Waals surface area contributed by atoms with Crippen molar-refractivity contribution in [1.29, 1.82) is 0 Å². The van der Waals surface area contributed by atoms with Crippen LogP contribution in [0.5, 0.6) is 0 Å². The van der Waals surface area contributed by atoms with Gasteiger partial charge in [0.25, 0.3) is 0 Å². The summed E-state index contributed by atoms with van der Waals surface area (Å²) in [6.07, 6.45) is 6.05. The van der Waals surface area contributed by atoms with Gasteiger partial charge in [-0.25, -0.2) is 0 Å². The summed E-state index contributed by atoms with van der Waals surface area (Å²) in [5.41, 5.74) is 2.67. The molecule has 108 valence electrons. The largest absolute Gasteiger partial charge is 0.361 e. The second kappa shape index (κ2) is 6.42. The second-order valence-corrected chi connectivity index (χ2v) is 5.89. The van der Waals surface area contributed by atoms with Crippen LogP contribution < -0.4 is 5.32 Å². The van der Waals surface area contributed by atoms with Crippen LogP contribution in [0.2, 0.25) is 0 Å². The predicted molar refractivity (Wildman–Crippen MR) is 84.9 cm³/mol. The number of hydrogen-bond acceptors (Lipinski definition) is 2. The van der Waals surface area contributed by atoms with E-state index in [9.17, 15) is 0 Å². The number of para-hydroxylation sites is 1. The van der Waals surface area contributed by atoms with Crippen LogP contribution >= 0.6 is 0 Å². The van der Waals surface area contributed by atoms with E-state index in [1.165, 1.54) is 55.4 Å². The molecular formula is C17H25N3. The number of nitrogens with one attached hydrogen (secondary N) is 2. The highest BCUT2D eigenvalue weighted by molar-refractivity contribution is 5.82. The smallest absolute Gasteiger partial charge is 0.0457 e. The highest BCUT2D eigenvalue weighted by Crippen LogP contribution is 2.20. The van der Waals surface area contributed by atoms with Gasteiger partial charge < -0.3 is 10.3 Å². The maximum absolute atomic E-state index is 3.61. The van der Waals surface area contributed by atoms with Crippen molar-refractivity contribution in [2.75, 3.05) is 19.6 Å². The van der Waals surface area contributed by atoms with Gasteiger partial charge in [0.2, 0.25) is 0 Å². The van der Waals surface area contributed by atoms with Gasteiger partial charge in [-0.15, -0.1) is 0 Å². The molecule has 0 radical (unpaired) electrons. The van der Waals surface area contributed by atoms with Gasteiger partial charge in [-0.05, 0) is 44.0 Å². The molecule has 1 fully saturated rings. The number of fused-ring (bicyclic) bond motifs is 1. The zero-order valence-corrected chi connectivity index (χ0v) is 12.4. The van der Waals surface area contributed by atoms with Crippen molar-refractivity contribution in [2.45, 2.75) is 38.8 Å². The Labute approximate surface area is 121 Å². The Morgan fingerprint density at radius 1 is 1.30 bits per heavy atom. The molecule has 3 nitrogen and oxygen atoms in total. The summed E-state index contributed by atoms with van der Waals surface area (Å²) >= 11 is 0. The number of nitrogens with zero attached hydrogens (tertiary/aromatic N) is 1. The summed E-state index contributed by atoms with van der Waals surface area (Å²) < 4.78 is 0. The van der Waals surface area contributed by atoms with Crippen LogP contribution in [0.3, 0.4) is 0 Å². The molecule has 20 heavy (non-hydrogen) atoms. The zero-order chi connectivity index (χ0) is 13.8. The normalized spacial score (nSPS) is 19.2. The molecular weight excluding hydrogens is 246 g/mol. The molecule has 1 aliphatic rings. The Morgan fingerprint density at radius 2 is 2.20 bits per heavy atom. The van der Waals surface area contributed by atoms with E-state index in [2.05, 4.69) is 52.6 Å². The first-order chi connectivity index (χ1) is 9.86. The van der Waals surface area contributed by atoms with Crippen molar-refractivity contribution in [3.63, 3.8) is 0 Å². The van der Waals surface area contributed by atoms with Crippen molar-refractivity contribution in [3.8, 4) is 0 Å². The molecule has 3 rings (SSSR count). The standard InChI is InChI=1S/C17H25N3/c1-2-10-20(13-15-6-5-9-18-15)12-14-11-19-17-8-4-3-7-16(14)17/h3-4,7-8,11,15,18-19H,2,5-6,9-10,12-13H2,1H3. The van der Waals surface area contributed by atoms with E-state index in [0.717, 1.165) is 6.54 Å². The first kappa shape index (κ1) is 13.7. The molecule has 0 saturated carbocycles. The van der Waals surface area contributed by atoms with E-state index in [0.29, 0.717) is 6.04 Å². The third-order valence-electron chi connectivity index (χ3n) is 4.25. The second-order valence-electron chi connectivity index (χ2n) is 5.89. The topological polar surface area (TPSA) is 31.1 Å². The fraction of sp³-hybridized carbons (Fsp3) is 0.529.